The van der Waals surface area contributed by atoms with Gasteiger partial charge < -0.3 is 0 Å². The van der Waals surface area contributed by atoms with Gasteiger partial charge in [0.15, 0.2) is 0 Å². The summed E-state index contributed by atoms with van der Waals surface area (Å²) in [7, 11) is -3.85. The van der Waals surface area contributed by atoms with Crippen molar-refractivity contribution in [2.75, 3.05) is 10.8 Å². The normalized spacial score (nSPS) is 15.4. The lowest BCUT2D eigenvalue weighted by Crippen LogP contribution is -2.35. The van der Waals surface area contributed by atoms with Crippen molar-refractivity contribution in [2.45, 2.75) is 43.6 Å². The van der Waals surface area contributed by atoms with Gasteiger partial charge in [-0.05, 0) is 56.4 Å². The van der Waals surface area contributed by atoms with Gasteiger partial charge in [0.1, 0.15) is 6.17 Å². The first-order valence-corrected chi connectivity index (χ1v) is 9.90. The van der Waals surface area contributed by atoms with Gasteiger partial charge in [0.25, 0.3) is 10.0 Å². The molecule has 23 heavy (non-hydrogen) atoms. The fourth-order valence-electron chi connectivity index (χ4n) is 2.83. The lowest BCUT2D eigenvalue weighted by Gasteiger charge is -2.24. The molecule has 0 saturated heterocycles. The van der Waals surface area contributed by atoms with Crippen LogP contribution in [0.2, 0.25) is 0 Å². The Balaban J connectivity index is 2.04. The minimum atomic E-state index is -3.85. The number of halogens is 1. The van der Waals surface area contributed by atoms with Crippen LogP contribution in [0.5, 0.6) is 0 Å². The quantitative estimate of drug-likeness (QED) is 0.826. The van der Waals surface area contributed by atoms with E-state index in [0.29, 0.717) is 11.4 Å². The number of thiazole rings is 1. The Labute approximate surface area is 140 Å². The van der Waals surface area contributed by atoms with E-state index in [1.165, 1.54) is 12.5 Å². The SMILES string of the molecule is Cc1csc(S(=O)(=O)N(CC(C)F)c2ccc3c(c2)CCC3)n1. The molecule has 0 radical (unpaired) electrons. The van der Waals surface area contributed by atoms with Crippen molar-refractivity contribution in [3.8, 4) is 0 Å². The maximum atomic E-state index is 13.6. The van der Waals surface area contributed by atoms with Crippen LogP contribution in [0.4, 0.5) is 10.1 Å². The second-order valence-electron chi connectivity index (χ2n) is 5.88. The number of anilines is 1. The molecule has 1 aromatic carbocycles. The second kappa shape index (κ2) is 6.20. The Morgan fingerprint density at radius 2 is 2.09 bits per heavy atom. The molecule has 2 aromatic rings. The zero-order valence-corrected chi connectivity index (χ0v) is 14.8. The Morgan fingerprint density at radius 1 is 1.35 bits per heavy atom. The van der Waals surface area contributed by atoms with Crippen molar-refractivity contribution in [3.63, 3.8) is 0 Å². The standard InChI is InChI=1S/C16H19FN2O2S2/c1-11(17)9-19(23(20,21)16-18-12(2)10-22-16)15-7-6-13-4-3-5-14(13)8-15/h6-8,10-11H,3-5,9H2,1-2H3. The molecule has 7 heteroatoms. The molecule has 0 aliphatic heterocycles. The van der Waals surface area contributed by atoms with E-state index in [4.69, 9.17) is 0 Å². The van der Waals surface area contributed by atoms with E-state index in [9.17, 15) is 12.8 Å². The van der Waals surface area contributed by atoms with Crippen molar-refractivity contribution < 1.29 is 12.8 Å². The third-order valence-corrected chi connectivity index (χ3v) is 7.04. The number of hydrogen-bond donors (Lipinski definition) is 0. The van der Waals surface area contributed by atoms with Crippen LogP contribution >= 0.6 is 11.3 Å². The highest BCUT2D eigenvalue weighted by molar-refractivity contribution is 7.94. The molecule has 0 N–H and O–H groups in total. The number of nitrogens with zero attached hydrogens (tertiary/aromatic N) is 2. The second-order valence-corrected chi connectivity index (χ2v) is 8.77. The fourth-order valence-corrected chi connectivity index (χ4v) is 5.49. The van der Waals surface area contributed by atoms with Gasteiger partial charge in [-0.25, -0.2) is 9.37 Å². The Kier molecular flexibility index (Phi) is 4.42. The molecule has 0 fully saturated rings. The maximum absolute atomic E-state index is 13.6. The average molecular weight is 354 g/mol. The molecule has 1 heterocycles. The van der Waals surface area contributed by atoms with Gasteiger partial charge in [-0.15, -0.1) is 11.3 Å². The first kappa shape index (κ1) is 16.4. The van der Waals surface area contributed by atoms with Crippen LogP contribution in [0.15, 0.2) is 27.9 Å². The van der Waals surface area contributed by atoms with E-state index in [0.717, 1.165) is 40.5 Å². The summed E-state index contributed by atoms with van der Waals surface area (Å²) in [5.74, 6) is 0. The van der Waals surface area contributed by atoms with Crippen LogP contribution in [0, 0.1) is 6.92 Å². The summed E-state index contributed by atoms with van der Waals surface area (Å²) in [6, 6.07) is 5.60. The number of hydrogen-bond acceptors (Lipinski definition) is 4. The maximum Gasteiger partial charge on any atom is 0.291 e. The van der Waals surface area contributed by atoms with Gasteiger partial charge in [-0.2, -0.15) is 8.42 Å². The monoisotopic (exact) mass is 354 g/mol. The fraction of sp³-hybridized carbons (Fsp3) is 0.438. The molecule has 0 spiro atoms. The van der Waals surface area contributed by atoms with E-state index < -0.39 is 16.2 Å². The highest BCUT2D eigenvalue weighted by Crippen LogP contribution is 2.31. The number of aromatic nitrogens is 1. The van der Waals surface area contributed by atoms with E-state index in [1.807, 2.05) is 12.1 Å². The Hall–Kier alpha value is -1.47. The van der Waals surface area contributed by atoms with E-state index in [-0.39, 0.29) is 10.9 Å². The van der Waals surface area contributed by atoms with E-state index in [1.54, 1.807) is 18.4 Å². The molecule has 4 nitrogen and oxygen atoms in total. The van der Waals surface area contributed by atoms with Gasteiger partial charge in [-0.1, -0.05) is 6.07 Å². The number of aryl methyl sites for hydroxylation is 3. The molecule has 1 aliphatic carbocycles. The molecule has 1 aliphatic rings. The van der Waals surface area contributed by atoms with Crippen LogP contribution in [-0.2, 0) is 22.9 Å². The van der Waals surface area contributed by atoms with E-state index >= 15 is 0 Å². The molecular weight excluding hydrogens is 335 g/mol. The minimum absolute atomic E-state index is 0.0103. The first-order valence-electron chi connectivity index (χ1n) is 7.58. The first-order chi connectivity index (χ1) is 10.9. The van der Waals surface area contributed by atoms with Crippen LogP contribution < -0.4 is 4.31 Å². The number of sulfonamides is 1. The molecule has 124 valence electrons. The summed E-state index contributed by atoms with van der Waals surface area (Å²) in [6.45, 7) is 2.90. The summed E-state index contributed by atoms with van der Waals surface area (Å²) in [5, 5.41) is 1.69. The van der Waals surface area contributed by atoms with Crippen molar-refractivity contribution in [3.05, 3.63) is 40.4 Å². The number of fused-ring (bicyclic) bond motifs is 1. The van der Waals surface area contributed by atoms with Crippen LogP contribution in [-0.4, -0.2) is 26.1 Å². The molecule has 1 aromatic heterocycles. The van der Waals surface area contributed by atoms with Crippen LogP contribution in [0.3, 0.4) is 0 Å². The molecule has 1 atom stereocenters. The van der Waals surface area contributed by atoms with Gasteiger partial charge in [0.2, 0.25) is 4.34 Å². The average Bonchev–Trinajstić information content (AvgIpc) is 3.12. The summed E-state index contributed by atoms with van der Waals surface area (Å²) in [6.07, 6.45) is 1.78. The van der Waals surface area contributed by atoms with Crippen molar-refractivity contribution in [1.82, 2.24) is 4.98 Å². The van der Waals surface area contributed by atoms with Crippen LogP contribution in [0.25, 0.3) is 0 Å². The molecule has 3 rings (SSSR count). The Morgan fingerprint density at radius 3 is 2.74 bits per heavy atom. The topological polar surface area (TPSA) is 50.3 Å². The highest BCUT2D eigenvalue weighted by Gasteiger charge is 2.30. The van der Waals surface area contributed by atoms with Crippen molar-refractivity contribution in [1.29, 1.82) is 0 Å². The van der Waals surface area contributed by atoms with Gasteiger partial charge in [0.05, 0.1) is 12.2 Å². The number of rotatable bonds is 5. The molecule has 0 amide bonds. The molecule has 0 bridgehead atoms. The lowest BCUT2D eigenvalue weighted by molar-refractivity contribution is 0.370. The smallest absolute Gasteiger partial charge is 0.261 e. The van der Waals surface area contributed by atoms with Crippen LogP contribution in [0.1, 0.15) is 30.2 Å². The van der Waals surface area contributed by atoms with Gasteiger partial charge >= 0.3 is 0 Å². The third-order valence-electron chi connectivity index (χ3n) is 3.90. The summed E-state index contributed by atoms with van der Waals surface area (Å²) >= 11 is 1.07. The van der Waals surface area contributed by atoms with Crippen molar-refractivity contribution in [2.24, 2.45) is 0 Å². The zero-order chi connectivity index (χ0) is 16.6. The van der Waals surface area contributed by atoms with Gasteiger partial charge in [-0.3, -0.25) is 4.31 Å². The molecule has 0 saturated carbocycles. The third kappa shape index (κ3) is 3.26. The molecular formula is C16H19FN2O2S2. The van der Waals surface area contributed by atoms with Gasteiger partial charge in [0, 0.05) is 11.1 Å². The largest absolute Gasteiger partial charge is 0.291 e. The predicted octanol–water partition coefficient (Wildman–Crippen LogP) is 3.49. The summed E-state index contributed by atoms with van der Waals surface area (Å²) in [5.41, 5.74) is 3.58. The predicted molar refractivity (Wildman–Crippen MR) is 90.4 cm³/mol. The number of alkyl halides is 1. The van der Waals surface area contributed by atoms with E-state index in [2.05, 4.69) is 4.98 Å². The molecule has 1 unspecified atom stereocenters. The zero-order valence-electron chi connectivity index (χ0n) is 13.1. The Bertz CT molecular complexity index is 815. The summed E-state index contributed by atoms with van der Waals surface area (Å²) in [4.78, 5) is 4.07. The highest BCUT2D eigenvalue weighted by atomic mass is 32.2. The summed E-state index contributed by atoms with van der Waals surface area (Å²) < 4.78 is 40.6. The minimum Gasteiger partial charge on any atom is -0.261 e. The number of benzene rings is 1. The lowest BCUT2D eigenvalue weighted by atomic mass is 10.1. The van der Waals surface area contributed by atoms with Crippen molar-refractivity contribution >= 4 is 27.0 Å².